The number of aromatic nitrogens is 2. The summed E-state index contributed by atoms with van der Waals surface area (Å²) in [6.07, 6.45) is 1.40. The van der Waals surface area contributed by atoms with E-state index in [1.54, 1.807) is 6.92 Å². The molecular weight excluding hydrogens is 282 g/mol. The monoisotopic (exact) mass is 291 g/mol. The van der Waals surface area contributed by atoms with E-state index in [1.165, 1.54) is 17.8 Å². The number of nitro groups is 1. The van der Waals surface area contributed by atoms with Crippen molar-refractivity contribution in [2.75, 3.05) is 0 Å². The molecule has 0 aliphatic rings. The molecule has 0 saturated heterocycles. The number of carbonyl (C=O) groups is 1. The zero-order chi connectivity index (χ0) is 12.5. The Morgan fingerprint density at radius 2 is 2.25 bits per heavy atom. The van der Waals surface area contributed by atoms with Crippen molar-refractivity contribution in [1.82, 2.24) is 9.78 Å². The number of rotatable bonds is 4. The van der Waals surface area contributed by atoms with Crippen LogP contribution in [-0.4, -0.2) is 25.8 Å². The SMILES string of the molecule is CC(C(=O)O)C(C)n1cc(Br)c([N+](=O)[O-])n1. The Labute approximate surface area is 99.3 Å². The molecular formula is C8H10BrN3O4. The molecule has 0 aliphatic carbocycles. The lowest BCUT2D eigenvalue weighted by Gasteiger charge is -2.12. The fourth-order valence-electron chi connectivity index (χ4n) is 1.13. The van der Waals surface area contributed by atoms with Crippen molar-refractivity contribution < 1.29 is 14.8 Å². The molecule has 2 atom stereocenters. The zero-order valence-corrected chi connectivity index (χ0v) is 10.2. The second-order valence-electron chi connectivity index (χ2n) is 3.41. The van der Waals surface area contributed by atoms with Crippen molar-refractivity contribution in [3.8, 4) is 0 Å². The van der Waals surface area contributed by atoms with Crippen LogP contribution in [0.5, 0.6) is 0 Å². The van der Waals surface area contributed by atoms with Crippen LogP contribution in [0.2, 0.25) is 0 Å². The molecule has 7 nitrogen and oxygen atoms in total. The molecule has 0 amide bonds. The third-order valence-corrected chi connectivity index (χ3v) is 2.93. The maximum Gasteiger partial charge on any atom is 0.404 e. The highest BCUT2D eigenvalue weighted by Gasteiger charge is 2.27. The molecule has 8 heteroatoms. The van der Waals surface area contributed by atoms with Crippen molar-refractivity contribution in [3.05, 3.63) is 20.8 Å². The molecule has 0 saturated carbocycles. The lowest BCUT2D eigenvalue weighted by atomic mass is 10.1. The van der Waals surface area contributed by atoms with Gasteiger partial charge in [-0.05, 0) is 34.7 Å². The molecule has 88 valence electrons. The van der Waals surface area contributed by atoms with Gasteiger partial charge in [0, 0.05) is 0 Å². The Bertz CT molecular complexity index is 431. The van der Waals surface area contributed by atoms with E-state index < -0.39 is 22.9 Å². The molecule has 0 fully saturated rings. The van der Waals surface area contributed by atoms with Crippen LogP contribution in [0.4, 0.5) is 5.82 Å². The molecule has 2 unspecified atom stereocenters. The summed E-state index contributed by atoms with van der Waals surface area (Å²) in [5.41, 5.74) is 0. The van der Waals surface area contributed by atoms with Gasteiger partial charge < -0.3 is 15.2 Å². The van der Waals surface area contributed by atoms with E-state index in [9.17, 15) is 14.9 Å². The topological polar surface area (TPSA) is 98.3 Å². The van der Waals surface area contributed by atoms with Gasteiger partial charge in [-0.3, -0.25) is 4.79 Å². The fraction of sp³-hybridized carbons (Fsp3) is 0.500. The van der Waals surface area contributed by atoms with Crippen LogP contribution in [0.3, 0.4) is 0 Å². The van der Waals surface area contributed by atoms with E-state index in [4.69, 9.17) is 5.11 Å². The molecule has 1 rings (SSSR count). The van der Waals surface area contributed by atoms with Crippen LogP contribution < -0.4 is 0 Å². The summed E-state index contributed by atoms with van der Waals surface area (Å²) in [4.78, 5) is 20.7. The Kier molecular flexibility index (Phi) is 3.63. The molecule has 16 heavy (non-hydrogen) atoms. The molecule has 0 spiro atoms. The van der Waals surface area contributed by atoms with Gasteiger partial charge in [-0.25, -0.2) is 0 Å². The summed E-state index contributed by atoms with van der Waals surface area (Å²) in [6.45, 7) is 3.16. The van der Waals surface area contributed by atoms with Crippen molar-refractivity contribution in [3.63, 3.8) is 0 Å². The predicted molar refractivity (Wildman–Crippen MR) is 58.1 cm³/mol. The van der Waals surface area contributed by atoms with Gasteiger partial charge in [0.2, 0.25) is 0 Å². The summed E-state index contributed by atoms with van der Waals surface area (Å²) in [5.74, 6) is -1.96. The summed E-state index contributed by atoms with van der Waals surface area (Å²) in [7, 11) is 0. The maximum atomic E-state index is 10.8. The van der Waals surface area contributed by atoms with Crippen LogP contribution >= 0.6 is 15.9 Å². The van der Waals surface area contributed by atoms with E-state index in [0.717, 1.165) is 0 Å². The van der Waals surface area contributed by atoms with Crippen LogP contribution in [-0.2, 0) is 4.79 Å². The van der Waals surface area contributed by atoms with Gasteiger partial charge in [-0.1, -0.05) is 0 Å². The lowest BCUT2D eigenvalue weighted by Crippen LogP contribution is -2.22. The fourth-order valence-corrected chi connectivity index (χ4v) is 1.56. The Hall–Kier alpha value is -1.44. The number of carboxylic acids is 1. The second kappa shape index (κ2) is 4.60. The molecule has 0 radical (unpaired) electrons. The second-order valence-corrected chi connectivity index (χ2v) is 4.26. The zero-order valence-electron chi connectivity index (χ0n) is 8.62. The van der Waals surface area contributed by atoms with Crippen molar-refractivity contribution in [1.29, 1.82) is 0 Å². The van der Waals surface area contributed by atoms with Gasteiger partial charge in [0.05, 0.1) is 23.3 Å². The van der Waals surface area contributed by atoms with Gasteiger partial charge in [-0.15, -0.1) is 0 Å². The Balaban J connectivity index is 3.01. The molecule has 1 aromatic heterocycles. The van der Waals surface area contributed by atoms with Crippen LogP contribution in [0, 0.1) is 16.0 Å². The van der Waals surface area contributed by atoms with Gasteiger partial charge in [0.25, 0.3) is 0 Å². The Morgan fingerprint density at radius 3 is 2.62 bits per heavy atom. The third-order valence-electron chi connectivity index (χ3n) is 2.37. The number of hydrogen-bond acceptors (Lipinski definition) is 4. The average molecular weight is 292 g/mol. The minimum atomic E-state index is -0.971. The molecule has 1 aromatic rings. The number of halogens is 1. The largest absolute Gasteiger partial charge is 0.481 e. The highest BCUT2D eigenvalue weighted by molar-refractivity contribution is 9.10. The van der Waals surface area contributed by atoms with E-state index in [-0.39, 0.29) is 10.3 Å². The van der Waals surface area contributed by atoms with Crippen LogP contribution in [0.15, 0.2) is 10.7 Å². The number of carboxylic acid groups (broad SMARTS) is 1. The predicted octanol–water partition coefficient (Wildman–Crippen LogP) is 1.84. The van der Waals surface area contributed by atoms with E-state index in [0.29, 0.717) is 0 Å². The van der Waals surface area contributed by atoms with Crippen molar-refractivity contribution >= 4 is 27.7 Å². The van der Waals surface area contributed by atoms with Gasteiger partial charge in [-0.2, -0.15) is 4.68 Å². The first kappa shape index (κ1) is 12.6. The first-order valence-electron chi connectivity index (χ1n) is 4.46. The smallest absolute Gasteiger partial charge is 0.404 e. The van der Waals surface area contributed by atoms with Crippen LogP contribution in [0.1, 0.15) is 19.9 Å². The number of nitrogens with zero attached hydrogens (tertiary/aromatic N) is 3. The average Bonchev–Trinajstić information content (AvgIpc) is 2.58. The standard InChI is InChI=1S/C8H10BrN3O4/c1-4(8(13)14)5(2)11-3-6(9)7(10-11)12(15)16/h3-5H,1-2H3,(H,13,14). The van der Waals surface area contributed by atoms with Crippen molar-refractivity contribution in [2.24, 2.45) is 5.92 Å². The Morgan fingerprint density at radius 1 is 1.69 bits per heavy atom. The van der Waals surface area contributed by atoms with E-state index in [2.05, 4.69) is 21.0 Å². The summed E-state index contributed by atoms with van der Waals surface area (Å²) < 4.78 is 1.52. The molecule has 1 heterocycles. The summed E-state index contributed by atoms with van der Waals surface area (Å²) >= 11 is 3.00. The summed E-state index contributed by atoms with van der Waals surface area (Å²) in [5, 5.41) is 23.1. The first-order valence-corrected chi connectivity index (χ1v) is 5.25. The third kappa shape index (κ3) is 2.38. The molecule has 0 aromatic carbocycles. The van der Waals surface area contributed by atoms with Gasteiger partial charge in [0.1, 0.15) is 4.47 Å². The highest BCUT2D eigenvalue weighted by Crippen LogP contribution is 2.26. The van der Waals surface area contributed by atoms with Gasteiger partial charge >= 0.3 is 11.8 Å². The minimum Gasteiger partial charge on any atom is -0.481 e. The minimum absolute atomic E-state index is 0.238. The maximum absolute atomic E-state index is 10.8. The van der Waals surface area contributed by atoms with E-state index in [1.807, 2.05) is 0 Å². The molecule has 1 N–H and O–H groups in total. The lowest BCUT2D eigenvalue weighted by molar-refractivity contribution is -0.390. The molecule has 0 bridgehead atoms. The number of hydrogen-bond donors (Lipinski definition) is 1. The van der Waals surface area contributed by atoms with Crippen molar-refractivity contribution in [2.45, 2.75) is 19.9 Å². The molecule has 0 aliphatic heterocycles. The van der Waals surface area contributed by atoms with E-state index >= 15 is 0 Å². The summed E-state index contributed by atoms with van der Waals surface area (Å²) in [6, 6.07) is -0.456. The normalized spacial score (nSPS) is 14.4. The van der Waals surface area contributed by atoms with Crippen LogP contribution in [0.25, 0.3) is 0 Å². The first-order chi connectivity index (χ1) is 7.34. The van der Waals surface area contributed by atoms with Gasteiger partial charge in [0.15, 0.2) is 0 Å². The quantitative estimate of drug-likeness (QED) is 0.674. The number of aliphatic carboxylic acids is 1. The highest BCUT2D eigenvalue weighted by atomic mass is 79.9.